The number of rotatable bonds is 6. The van der Waals surface area contributed by atoms with Crippen LogP contribution in [0.5, 0.6) is 0 Å². The Morgan fingerprint density at radius 2 is 1.77 bits per heavy atom. The molecule has 0 aliphatic rings. The SMILES string of the molecule is CCCn1c(=O)c2c(nc(/C=C/c3ccccn3)n2C)n(CCC)c1=O. The molecular formula is C19H23N5O2. The van der Waals surface area contributed by atoms with Crippen molar-refractivity contribution >= 4 is 23.3 Å². The molecule has 0 spiro atoms. The van der Waals surface area contributed by atoms with Gasteiger partial charge in [-0.3, -0.25) is 18.9 Å². The van der Waals surface area contributed by atoms with Gasteiger partial charge in [0.2, 0.25) is 0 Å². The van der Waals surface area contributed by atoms with E-state index in [1.165, 1.54) is 4.57 Å². The Kier molecular flexibility index (Phi) is 5.16. The largest absolute Gasteiger partial charge is 0.332 e. The second kappa shape index (κ2) is 7.51. The van der Waals surface area contributed by atoms with Gasteiger partial charge in [-0.25, -0.2) is 9.78 Å². The van der Waals surface area contributed by atoms with Crippen LogP contribution in [0.25, 0.3) is 23.3 Å². The van der Waals surface area contributed by atoms with E-state index in [1.54, 1.807) is 22.4 Å². The molecule has 0 atom stereocenters. The third kappa shape index (κ3) is 3.12. The molecule has 0 amide bonds. The number of aryl methyl sites for hydroxylation is 2. The van der Waals surface area contributed by atoms with E-state index in [9.17, 15) is 9.59 Å². The zero-order valence-corrected chi connectivity index (χ0v) is 15.3. The Hall–Kier alpha value is -2.96. The van der Waals surface area contributed by atoms with Crippen LogP contribution in [-0.2, 0) is 20.1 Å². The minimum absolute atomic E-state index is 0.285. The van der Waals surface area contributed by atoms with Gasteiger partial charge >= 0.3 is 5.69 Å². The van der Waals surface area contributed by atoms with Gasteiger partial charge in [-0.05, 0) is 37.1 Å². The number of nitrogens with zero attached hydrogens (tertiary/aromatic N) is 5. The van der Waals surface area contributed by atoms with E-state index in [1.807, 2.05) is 44.2 Å². The number of hydrogen-bond acceptors (Lipinski definition) is 4. The van der Waals surface area contributed by atoms with Gasteiger partial charge < -0.3 is 4.57 Å². The molecule has 0 saturated carbocycles. The highest BCUT2D eigenvalue weighted by Crippen LogP contribution is 2.13. The Balaban J connectivity index is 2.22. The van der Waals surface area contributed by atoms with Gasteiger partial charge in [0.25, 0.3) is 5.56 Å². The van der Waals surface area contributed by atoms with Gasteiger partial charge in [0.05, 0.1) is 5.69 Å². The van der Waals surface area contributed by atoms with Crippen molar-refractivity contribution in [2.45, 2.75) is 39.8 Å². The molecule has 0 radical (unpaired) electrons. The summed E-state index contributed by atoms with van der Waals surface area (Å²) in [5, 5.41) is 0. The van der Waals surface area contributed by atoms with Crippen LogP contribution < -0.4 is 11.2 Å². The fourth-order valence-corrected chi connectivity index (χ4v) is 3.01. The molecule has 0 saturated heterocycles. The molecule has 26 heavy (non-hydrogen) atoms. The Labute approximate surface area is 151 Å². The molecule has 0 aliphatic heterocycles. The van der Waals surface area contributed by atoms with E-state index in [-0.39, 0.29) is 11.2 Å². The molecule has 3 heterocycles. The number of imidazole rings is 1. The smallest absolute Gasteiger partial charge is 0.322 e. The fourth-order valence-electron chi connectivity index (χ4n) is 3.01. The Bertz CT molecular complexity index is 1060. The fraction of sp³-hybridized carbons (Fsp3) is 0.368. The van der Waals surface area contributed by atoms with Crippen LogP contribution in [0.3, 0.4) is 0 Å². The highest BCUT2D eigenvalue weighted by Gasteiger charge is 2.18. The summed E-state index contributed by atoms with van der Waals surface area (Å²) in [5.41, 5.74) is 1.12. The maximum atomic E-state index is 12.9. The van der Waals surface area contributed by atoms with E-state index in [2.05, 4.69) is 9.97 Å². The summed E-state index contributed by atoms with van der Waals surface area (Å²) in [6.45, 7) is 4.88. The van der Waals surface area contributed by atoms with Crippen molar-refractivity contribution in [1.29, 1.82) is 0 Å². The average Bonchev–Trinajstić information content (AvgIpc) is 2.98. The van der Waals surface area contributed by atoms with Crippen molar-refractivity contribution in [1.82, 2.24) is 23.7 Å². The normalized spacial score (nSPS) is 11.7. The van der Waals surface area contributed by atoms with Gasteiger partial charge in [0.1, 0.15) is 5.82 Å². The molecular weight excluding hydrogens is 330 g/mol. The van der Waals surface area contributed by atoms with Crippen molar-refractivity contribution in [2.24, 2.45) is 7.05 Å². The van der Waals surface area contributed by atoms with Crippen LogP contribution >= 0.6 is 0 Å². The molecule has 0 unspecified atom stereocenters. The lowest BCUT2D eigenvalue weighted by Gasteiger charge is -2.10. The van der Waals surface area contributed by atoms with Crippen LogP contribution in [0.4, 0.5) is 0 Å². The number of pyridine rings is 1. The highest BCUT2D eigenvalue weighted by molar-refractivity contribution is 5.76. The number of hydrogen-bond donors (Lipinski definition) is 0. The summed E-state index contributed by atoms with van der Waals surface area (Å²) in [7, 11) is 1.80. The quantitative estimate of drug-likeness (QED) is 0.681. The van der Waals surface area contributed by atoms with E-state index in [4.69, 9.17) is 0 Å². The predicted molar refractivity (Wildman–Crippen MR) is 103 cm³/mol. The monoisotopic (exact) mass is 353 g/mol. The lowest BCUT2D eigenvalue weighted by Crippen LogP contribution is -2.40. The maximum Gasteiger partial charge on any atom is 0.332 e. The summed E-state index contributed by atoms with van der Waals surface area (Å²) in [4.78, 5) is 34.4. The van der Waals surface area contributed by atoms with E-state index >= 15 is 0 Å². The zero-order valence-electron chi connectivity index (χ0n) is 15.3. The van der Waals surface area contributed by atoms with E-state index < -0.39 is 0 Å². The van der Waals surface area contributed by atoms with Crippen LogP contribution in [0.2, 0.25) is 0 Å². The minimum Gasteiger partial charge on any atom is -0.322 e. The lowest BCUT2D eigenvalue weighted by atomic mass is 10.3. The molecule has 0 bridgehead atoms. The van der Waals surface area contributed by atoms with Crippen molar-refractivity contribution in [3.8, 4) is 0 Å². The van der Waals surface area contributed by atoms with Crippen molar-refractivity contribution in [3.63, 3.8) is 0 Å². The van der Waals surface area contributed by atoms with Gasteiger partial charge in [-0.1, -0.05) is 19.9 Å². The second-order valence-electron chi connectivity index (χ2n) is 6.18. The molecule has 0 aliphatic carbocycles. The lowest BCUT2D eigenvalue weighted by molar-refractivity contribution is 0.554. The predicted octanol–water partition coefficient (Wildman–Crippen LogP) is 2.28. The topological polar surface area (TPSA) is 74.7 Å². The molecule has 3 aromatic rings. The molecule has 7 nitrogen and oxygen atoms in total. The number of fused-ring (bicyclic) bond motifs is 1. The Morgan fingerprint density at radius 1 is 1.04 bits per heavy atom. The maximum absolute atomic E-state index is 12.9. The third-order valence-electron chi connectivity index (χ3n) is 4.26. The molecule has 3 rings (SSSR count). The van der Waals surface area contributed by atoms with Crippen LogP contribution in [0.15, 0.2) is 34.0 Å². The van der Waals surface area contributed by atoms with Crippen LogP contribution in [0.1, 0.15) is 38.2 Å². The van der Waals surface area contributed by atoms with Gasteiger partial charge in [0, 0.05) is 26.3 Å². The van der Waals surface area contributed by atoms with Crippen molar-refractivity contribution in [2.75, 3.05) is 0 Å². The van der Waals surface area contributed by atoms with E-state index in [0.29, 0.717) is 30.1 Å². The molecule has 0 aromatic carbocycles. The van der Waals surface area contributed by atoms with E-state index in [0.717, 1.165) is 18.5 Å². The first-order valence-corrected chi connectivity index (χ1v) is 8.87. The molecule has 136 valence electrons. The first-order valence-electron chi connectivity index (χ1n) is 8.87. The second-order valence-corrected chi connectivity index (χ2v) is 6.18. The summed E-state index contributed by atoms with van der Waals surface area (Å²) < 4.78 is 4.66. The molecule has 0 fully saturated rings. The molecule has 0 N–H and O–H groups in total. The standard InChI is InChI=1S/C19H23N5O2/c1-4-12-23-17-16(18(25)24(13-5-2)19(23)26)22(3)15(21-17)10-9-14-8-6-7-11-20-14/h6-11H,4-5,12-13H2,1-3H3/b10-9+. The highest BCUT2D eigenvalue weighted by atomic mass is 16.2. The third-order valence-corrected chi connectivity index (χ3v) is 4.26. The van der Waals surface area contributed by atoms with Gasteiger partial charge in [-0.2, -0.15) is 0 Å². The zero-order chi connectivity index (χ0) is 18.7. The first kappa shape index (κ1) is 17.8. The molecule has 3 aromatic heterocycles. The van der Waals surface area contributed by atoms with Crippen molar-refractivity contribution in [3.05, 3.63) is 56.8 Å². The Morgan fingerprint density at radius 3 is 2.42 bits per heavy atom. The minimum atomic E-state index is -0.287. The number of aromatic nitrogens is 5. The van der Waals surface area contributed by atoms with Crippen LogP contribution in [-0.4, -0.2) is 23.7 Å². The van der Waals surface area contributed by atoms with Crippen molar-refractivity contribution < 1.29 is 0 Å². The summed E-state index contributed by atoms with van der Waals surface area (Å²) in [6.07, 6.45) is 6.88. The van der Waals surface area contributed by atoms with Gasteiger partial charge in [0.15, 0.2) is 11.2 Å². The summed E-state index contributed by atoms with van der Waals surface area (Å²) in [6, 6.07) is 5.65. The summed E-state index contributed by atoms with van der Waals surface area (Å²) in [5.74, 6) is 0.612. The summed E-state index contributed by atoms with van der Waals surface area (Å²) >= 11 is 0. The van der Waals surface area contributed by atoms with Crippen LogP contribution in [0, 0.1) is 0 Å². The average molecular weight is 353 g/mol. The first-order chi connectivity index (χ1) is 12.6. The van der Waals surface area contributed by atoms with Gasteiger partial charge in [-0.15, -0.1) is 0 Å². The molecule has 7 heteroatoms.